The molecule has 4 heteroatoms. The van der Waals surface area contributed by atoms with Crippen LogP contribution in [0.15, 0.2) is 12.7 Å². The molecule has 4 nitrogen and oxygen atoms in total. The maximum atomic E-state index is 11.8. The Hall–Kier alpha value is -1.32. The quantitative estimate of drug-likeness (QED) is 0.390. The molecule has 20 heavy (non-hydrogen) atoms. The fourth-order valence-electron chi connectivity index (χ4n) is 1.84. The molecule has 0 N–H and O–H groups in total. The van der Waals surface area contributed by atoms with Crippen LogP contribution < -0.4 is 0 Å². The second-order valence-corrected chi connectivity index (χ2v) is 6.39. The minimum atomic E-state index is -0.223. The maximum absolute atomic E-state index is 11.8. The Morgan fingerprint density at radius 3 is 2.30 bits per heavy atom. The maximum Gasteiger partial charge on any atom is 0.306 e. The van der Waals surface area contributed by atoms with Crippen LogP contribution >= 0.6 is 0 Å². The molecule has 0 saturated heterocycles. The molecule has 0 unspecified atom stereocenters. The number of amides is 1. The lowest BCUT2D eigenvalue weighted by Crippen LogP contribution is -2.45. The van der Waals surface area contributed by atoms with Crippen LogP contribution in [-0.4, -0.2) is 35.5 Å². The van der Waals surface area contributed by atoms with Gasteiger partial charge in [0.2, 0.25) is 5.91 Å². The van der Waals surface area contributed by atoms with E-state index < -0.39 is 0 Å². The Morgan fingerprint density at radius 1 is 1.25 bits per heavy atom. The van der Waals surface area contributed by atoms with Crippen LogP contribution in [0.3, 0.4) is 0 Å². The van der Waals surface area contributed by atoms with Crippen LogP contribution in [0.5, 0.6) is 0 Å². The van der Waals surface area contributed by atoms with Crippen molar-refractivity contribution in [2.45, 2.75) is 59.4 Å². The largest absolute Gasteiger partial charge is 0.466 e. The van der Waals surface area contributed by atoms with Crippen molar-refractivity contribution in [1.29, 1.82) is 0 Å². The monoisotopic (exact) mass is 283 g/mol. The van der Waals surface area contributed by atoms with Gasteiger partial charge in [-0.05, 0) is 45.6 Å². The zero-order chi connectivity index (χ0) is 15.8. The first-order valence-electron chi connectivity index (χ1n) is 7.28. The summed E-state index contributed by atoms with van der Waals surface area (Å²) < 4.78 is 5.14. The average Bonchev–Trinajstić information content (AvgIpc) is 2.30. The van der Waals surface area contributed by atoms with Gasteiger partial charge in [0.1, 0.15) is 0 Å². The van der Waals surface area contributed by atoms with Gasteiger partial charge in [-0.15, -0.1) is 0 Å². The van der Waals surface area contributed by atoms with Gasteiger partial charge in [0.25, 0.3) is 0 Å². The van der Waals surface area contributed by atoms with Gasteiger partial charge in [-0.25, -0.2) is 0 Å². The van der Waals surface area contributed by atoms with Crippen LogP contribution in [0.25, 0.3) is 0 Å². The highest BCUT2D eigenvalue weighted by atomic mass is 16.5. The average molecular weight is 283 g/mol. The summed E-state index contributed by atoms with van der Waals surface area (Å²) in [6.45, 7) is 14.6. The predicted octanol–water partition coefficient (Wildman–Crippen LogP) is 3.17. The summed E-state index contributed by atoms with van der Waals surface area (Å²) in [5.74, 6) is 0.119. The molecule has 0 spiro atoms. The summed E-state index contributed by atoms with van der Waals surface area (Å²) in [7, 11) is 0. The molecule has 0 aliphatic heterocycles. The number of rotatable bonds is 8. The van der Waals surface area contributed by atoms with Crippen molar-refractivity contribution >= 4 is 11.9 Å². The summed E-state index contributed by atoms with van der Waals surface area (Å²) in [5, 5.41) is 0. The van der Waals surface area contributed by atoms with Gasteiger partial charge >= 0.3 is 5.97 Å². The molecule has 0 atom stereocenters. The Kier molecular flexibility index (Phi) is 8.19. The van der Waals surface area contributed by atoms with Crippen LogP contribution in [0, 0.1) is 5.92 Å². The van der Waals surface area contributed by atoms with Gasteiger partial charge in [0.05, 0.1) is 6.61 Å². The highest BCUT2D eigenvalue weighted by Gasteiger charge is 2.23. The second kappa shape index (κ2) is 8.77. The third kappa shape index (κ3) is 7.97. The van der Waals surface area contributed by atoms with Crippen LogP contribution in [0.1, 0.15) is 53.9 Å². The summed E-state index contributed by atoms with van der Waals surface area (Å²) in [6.07, 6.45) is 3.38. The van der Waals surface area contributed by atoms with Gasteiger partial charge in [-0.3, -0.25) is 9.59 Å². The fourth-order valence-corrected chi connectivity index (χ4v) is 1.84. The number of ether oxygens (including phenoxy) is 1. The number of carbonyl (C=O) groups is 2. The predicted molar refractivity (Wildman–Crippen MR) is 81.3 cm³/mol. The topological polar surface area (TPSA) is 46.6 Å². The van der Waals surface area contributed by atoms with Crippen LogP contribution in [-0.2, 0) is 14.3 Å². The summed E-state index contributed by atoms with van der Waals surface area (Å²) in [4.78, 5) is 24.9. The summed E-state index contributed by atoms with van der Waals surface area (Å²) in [5.41, 5.74) is -0.223. The molecule has 0 aromatic carbocycles. The van der Waals surface area contributed by atoms with E-state index in [0.717, 1.165) is 12.8 Å². The van der Waals surface area contributed by atoms with Crippen molar-refractivity contribution in [3.63, 3.8) is 0 Å². The third-order valence-electron chi connectivity index (χ3n) is 2.86. The fraction of sp³-hybridized carbons (Fsp3) is 0.750. The van der Waals surface area contributed by atoms with Crippen LogP contribution in [0.4, 0.5) is 0 Å². The lowest BCUT2D eigenvalue weighted by atomic mass is 10.1. The second-order valence-electron chi connectivity index (χ2n) is 6.39. The van der Waals surface area contributed by atoms with E-state index in [0.29, 0.717) is 25.5 Å². The first-order valence-corrected chi connectivity index (χ1v) is 7.28. The van der Waals surface area contributed by atoms with E-state index in [2.05, 4.69) is 6.58 Å². The molecular formula is C16H29NO3. The van der Waals surface area contributed by atoms with E-state index in [1.54, 1.807) is 4.90 Å². The number of carbonyl (C=O) groups excluding carboxylic acids is 2. The Labute approximate surface area is 123 Å². The zero-order valence-corrected chi connectivity index (χ0v) is 13.6. The Balaban J connectivity index is 4.00. The van der Waals surface area contributed by atoms with Gasteiger partial charge in [-0.1, -0.05) is 20.4 Å². The summed E-state index contributed by atoms with van der Waals surface area (Å²) in [6, 6.07) is 0. The molecular weight excluding hydrogens is 254 g/mol. The molecule has 0 rings (SSSR count). The number of unbranched alkanes of at least 4 members (excludes halogenated alkanes) is 1. The normalized spacial score (nSPS) is 11.3. The van der Waals surface area contributed by atoms with Crippen molar-refractivity contribution in [2.24, 2.45) is 5.92 Å². The third-order valence-corrected chi connectivity index (χ3v) is 2.86. The molecule has 0 aromatic rings. The van der Waals surface area contributed by atoms with E-state index in [-0.39, 0.29) is 17.4 Å². The molecule has 0 bridgehead atoms. The van der Waals surface area contributed by atoms with Gasteiger partial charge in [0.15, 0.2) is 0 Å². The SMILES string of the molecule is C=CC(=O)N(CCCCOC(=O)CC(C)C)C(C)(C)C. The molecule has 0 aliphatic carbocycles. The minimum absolute atomic E-state index is 0.0608. The van der Waals surface area contributed by atoms with Crippen molar-refractivity contribution in [3.8, 4) is 0 Å². The number of hydrogen-bond acceptors (Lipinski definition) is 3. The van der Waals surface area contributed by atoms with E-state index in [1.165, 1.54) is 6.08 Å². The first kappa shape index (κ1) is 18.7. The lowest BCUT2D eigenvalue weighted by molar-refractivity contribution is -0.144. The molecule has 116 valence electrons. The first-order chi connectivity index (χ1) is 9.18. The number of esters is 1. The Bertz CT molecular complexity index is 329. The molecule has 0 aliphatic rings. The Morgan fingerprint density at radius 2 is 1.85 bits per heavy atom. The van der Waals surface area contributed by atoms with E-state index in [9.17, 15) is 9.59 Å². The smallest absolute Gasteiger partial charge is 0.306 e. The number of nitrogens with zero attached hydrogens (tertiary/aromatic N) is 1. The van der Waals surface area contributed by atoms with Crippen molar-refractivity contribution < 1.29 is 14.3 Å². The van der Waals surface area contributed by atoms with E-state index >= 15 is 0 Å². The van der Waals surface area contributed by atoms with Gasteiger partial charge in [0, 0.05) is 18.5 Å². The van der Waals surface area contributed by atoms with Crippen molar-refractivity contribution in [2.75, 3.05) is 13.2 Å². The van der Waals surface area contributed by atoms with E-state index in [1.807, 2.05) is 34.6 Å². The number of hydrogen-bond donors (Lipinski definition) is 0. The minimum Gasteiger partial charge on any atom is -0.466 e. The van der Waals surface area contributed by atoms with Gasteiger partial charge < -0.3 is 9.64 Å². The lowest BCUT2D eigenvalue weighted by Gasteiger charge is -2.35. The molecule has 0 fully saturated rings. The zero-order valence-electron chi connectivity index (χ0n) is 13.6. The molecule has 0 aromatic heterocycles. The highest BCUT2D eigenvalue weighted by Crippen LogP contribution is 2.15. The molecule has 0 heterocycles. The van der Waals surface area contributed by atoms with Gasteiger partial charge in [-0.2, -0.15) is 0 Å². The van der Waals surface area contributed by atoms with Crippen LogP contribution in [0.2, 0.25) is 0 Å². The molecule has 1 amide bonds. The molecule has 0 saturated carbocycles. The summed E-state index contributed by atoms with van der Waals surface area (Å²) >= 11 is 0. The molecule has 0 radical (unpaired) electrons. The van der Waals surface area contributed by atoms with Crippen molar-refractivity contribution in [3.05, 3.63) is 12.7 Å². The van der Waals surface area contributed by atoms with Crippen molar-refractivity contribution in [1.82, 2.24) is 4.90 Å². The van der Waals surface area contributed by atoms with E-state index in [4.69, 9.17) is 4.74 Å². The highest BCUT2D eigenvalue weighted by molar-refractivity contribution is 5.87. The standard InChI is InChI=1S/C16H29NO3/c1-7-14(18)17(16(4,5)6)10-8-9-11-20-15(19)12-13(2)3/h7,13H,1,8-12H2,2-6H3.